The predicted octanol–water partition coefficient (Wildman–Crippen LogP) is 2.05. The summed E-state index contributed by atoms with van der Waals surface area (Å²) in [6.07, 6.45) is 0. The second kappa shape index (κ2) is 4.13. The van der Waals surface area contributed by atoms with Crippen LogP contribution in [0.1, 0.15) is 24.0 Å². The molecule has 3 nitrogen and oxygen atoms in total. The maximum Gasteiger partial charge on any atom is 0.310 e. The fourth-order valence-corrected chi connectivity index (χ4v) is 1.28. The summed E-state index contributed by atoms with van der Waals surface area (Å²) in [4.78, 5) is 10.8. The van der Waals surface area contributed by atoms with Crippen LogP contribution in [0.25, 0.3) is 0 Å². The van der Waals surface area contributed by atoms with Crippen LogP contribution in [0.15, 0.2) is 18.2 Å². The van der Waals surface area contributed by atoms with E-state index in [4.69, 9.17) is 5.11 Å². The molecule has 0 spiro atoms. The maximum atomic E-state index is 10.8. The summed E-state index contributed by atoms with van der Waals surface area (Å²) in [5, 5.41) is 8.84. The number of benzene rings is 1. The van der Waals surface area contributed by atoms with E-state index in [1.165, 1.54) is 0 Å². The zero-order chi connectivity index (χ0) is 10.7. The second-order valence-corrected chi connectivity index (χ2v) is 3.33. The minimum absolute atomic E-state index is 0.476. The maximum absolute atomic E-state index is 10.8. The fraction of sp³-hybridized carbons (Fsp3) is 0.364. The first kappa shape index (κ1) is 10.6. The van der Waals surface area contributed by atoms with Gasteiger partial charge in [0.15, 0.2) is 7.11 Å². The minimum atomic E-state index is -0.809. The Bertz CT molecular complexity index is 344. The molecule has 0 aliphatic carbocycles. The Hall–Kier alpha value is -1.51. The summed E-state index contributed by atoms with van der Waals surface area (Å²) in [5.41, 5.74) is 1.86. The molecule has 1 rings (SSSR count). The Morgan fingerprint density at radius 2 is 2.14 bits per heavy atom. The highest BCUT2D eigenvalue weighted by Crippen LogP contribution is 2.24. The van der Waals surface area contributed by atoms with E-state index in [9.17, 15) is 4.79 Å². The van der Waals surface area contributed by atoms with Crippen molar-refractivity contribution in [3.63, 3.8) is 0 Å². The van der Waals surface area contributed by atoms with Gasteiger partial charge in [-0.3, -0.25) is 4.79 Å². The number of hydrogen-bond acceptors (Lipinski definition) is 1. The van der Waals surface area contributed by atoms with E-state index >= 15 is 0 Å². The summed E-state index contributed by atoms with van der Waals surface area (Å²) in [5.74, 6) is -0.428. The highest BCUT2D eigenvalue weighted by Gasteiger charge is 2.15. The Morgan fingerprint density at radius 3 is 2.64 bits per heavy atom. The van der Waals surface area contributed by atoms with Crippen LogP contribution in [0.2, 0.25) is 0 Å². The van der Waals surface area contributed by atoms with Gasteiger partial charge < -0.3 is 9.84 Å². The quantitative estimate of drug-likeness (QED) is 0.750. The van der Waals surface area contributed by atoms with Crippen LogP contribution in [0.4, 0.5) is 0 Å². The van der Waals surface area contributed by atoms with E-state index in [0.717, 1.165) is 16.9 Å². The van der Waals surface area contributed by atoms with E-state index in [0.29, 0.717) is 0 Å². The van der Waals surface area contributed by atoms with Crippen LogP contribution < -0.4 is 0 Å². The van der Waals surface area contributed by atoms with Crippen LogP contribution >= 0.6 is 0 Å². The van der Waals surface area contributed by atoms with Gasteiger partial charge in [-0.1, -0.05) is 6.07 Å². The molecule has 1 unspecified atom stereocenters. The second-order valence-electron chi connectivity index (χ2n) is 3.33. The van der Waals surface area contributed by atoms with Gasteiger partial charge in [-0.25, -0.2) is 0 Å². The number of aliphatic hydroxyl groups is 1. The first-order chi connectivity index (χ1) is 6.56. The number of ether oxygens (including phenoxy) is 1. The number of aryl methyl sites for hydroxylation is 1. The Labute approximate surface area is 83.3 Å². The van der Waals surface area contributed by atoms with Crippen LogP contribution in [-0.2, 0) is 4.79 Å². The molecule has 0 aromatic heterocycles. The molecule has 0 saturated heterocycles. The molecule has 14 heavy (non-hydrogen) atoms. The highest BCUT2D eigenvalue weighted by atomic mass is 16.5. The van der Waals surface area contributed by atoms with Crippen molar-refractivity contribution < 1.29 is 14.6 Å². The normalized spacial score (nSPS) is 12.2. The average Bonchev–Trinajstić information content (AvgIpc) is 2.17. The summed E-state index contributed by atoms with van der Waals surface area (Å²) in [6, 6.07) is 5.56. The van der Waals surface area contributed by atoms with Crippen molar-refractivity contribution in [2.45, 2.75) is 19.8 Å². The van der Waals surface area contributed by atoms with Gasteiger partial charge in [-0.05, 0) is 25.5 Å². The predicted molar refractivity (Wildman–Crippen MR) is 54.8 cm³/mol. The van der Waals surface area contributed by atoms with Crippen molar-refractivity contribution in [2.24, 2.45) is 0 Å². The summed E-state index contributed by atoms with van der Waals surface area (Å²) >= 11 is 0. The summed E-state index contributed by atoms with van der Waals surface area (Å²) < 4.78 is 4.08. The van der Waals surface area contributed by atoms with Crippen molar-refractivity contribution in [2.75, 3.05) is 7.11 Å². The Kier molecular flexibility index (Phi) is 3.12. The number of rotatable bonds is 3. The number of carboxylic acid groups (broad SMARTS) is 1. The van der Waals surface area contributed by atoms with Gasteiger partial charge in [0, 0.05) is 11.6 Å². The average molecular weight is 195 g/mol. The number of carbonyl (C=O) groups is 1. The standard InChI is InChI=1S/C11H14O3/c1-7-4-5-9(6-10(7)14-3)8(2)11(12)13/h4-6,8H,1-3H3,(H,12,13)/p+1. The molecule has 0 heterocycles. The number of carboxylic acids is 1. The van der Waals surface area contributed by atoms with Gasteiger partial charge >= 0.3 is 5.97 Å². The molecule has 0 fully saturated rings. The molecule has 0 bridgehead atoms. The van der Waals surface area contributed by atoms with Gasteiger partial charge in [-0.15, -0.1) is 0 Å². The fourth-order valence-electron chi connectivity index (χ4n) is 1.28. The molecule has 0 amide bonds. The molecule has 0 aliphatic rings. The third-order valence-corrected chi connectivity index (χ3v) is 2.34. The van der Waals surface area contributed by atoms with Crippen molar-refractivity contribution in [3.8, 4) is 5.75 Å². The lowest BCUT2D eigenvalue weighted by Gasteiger charge is -2.08. The van der Waals surface area contributed by atoms with Gasteiger partial charge in [-0.2, -0.15) is 0 Å². The summed E-state index contributed by atoms with van der Waals surface area (Å²) in [7, 11) is 1.71. The first-order valence-corrected chi connectivity index (χ1v) is 4.49. The molecule has 3 heteroatoms. The van der Waals surface area contributed by atoms with E-state index in [2.05, 4.69) is 4.74 Å². The van der Waals surface area contributed by atoms with E-state index in [1.54, 1.807) is 14.0 Å². The Balaban J connectivity index is 3.06. The Morgan fingerprint density at radius 1 is 1.50 bits per heavy atom. The van der Waals surface area contributed by atoms with Crippen molar-refractivity contribution in [1.82, 2.24) is 0 Å². The van der Waals surface area contributed by atoms with Crippen LogP contribution in [0.5, 0.6) is 5.75 Å². The van der Waals surface area contributed by atoms with Crippen LogP contribution in [0.3, 0.4) is 0 Å². The van der Waals surface area contributed by atoms with Gasteiger partial charge in [0.2, 0.25) is 0 Å². The monoisotopic (exact) mass is 195 g/mol. The zero-order valence-electron chi connectivity index (χ0n) is 8.61. The number of hydrogen-bond donors (Lipinski definition) is 1. The van der Waals surface area contributed by atoms with Gasteiger partial charge in [0.25, 0.3) is 5.75 Å². The number of aromatic hydroxyl groups is 1. The molecule has 1 aromatic carbocycles. The van der Waals surface area contributed by atoms with Crippen molar-refractivity contribution in [3.05, 3.63) is 29.3 Å². The third-order valence-electron chi connectivity index (χ3n) is 2.34. The van der Waals surface area contributed by atoms with Crippen LogP contribution in [-0.4, -0.2) is 22.9 Å². The SMILES string of the molecule is C[OH+]c1cc(C(C)C(=O)O)ccc1C. The largest absolute Gasteiger partial charge is 0.584 e. The number of aliphatic carboxylic acids is 1. The smallest absolute Gasteiger partial charge is 0.310 e. The lowest BCUT2D eigenvalue weighted by molar-refractivity contribution is -0.138. The van der Waals surface area contributed by atoms with E-state index in [-0.39, 0.29) is 0 Å². The van der Waals surface area contributed by atoms with E-state index < -0.39 is 11.9 Å². The minimum Gasteiger partial charge on any atom is -0.584 e. The molecule has 1 atom stereocenters. The molecule has 0 radical (unpaired) electrons. The van der Waals surface area contributed by atoms with Crippen molar-refractivity contribution in [1.29, 1.82) is 0 Å². The topological polar surface area (TPSA) is 50.1 Å². The van der Waals surface area contributed by atoms with Gasteiger partial charge in [0.05, 0.1) is 5.92 Å². The lowest BCUT2D eigenvalue weighted by atomic mass is 10.00. The molecular weight excluding hydrogens is 180 g/mol. The molecule has 0 aliphatic heterocycles. The highest BCUT2D eigenvalue weighted by molar-refractivity contribution is 5.75. The molecule has 0 saturated carbocycles. The molecule has 2 N–H and O–H groups in total. The lowest BCUT2D eigenvalue weighted by Crippen LogP contribution is -2.07. The molecule has 76 valence electrons. The first-order valence-electron chi connectivity index (χ1n) is 4.49. The third kappa shape index (κ3) is 2.05. The van der Waals surface area contributed by atoms with Crippen LogP contribution in [0, 0.1) is 6.92 Å². The zero-order valence-corrected chi connectivity index (χ0v) is 8.61. The van der Waals surface area contributed by atoms with Gasteiger partial charge in [0.1, 0.15) is 0 Å². The summed E-state index contributed by atoms with van der Waals surface area (Å²) in [6.45, 7) is 3.63. The van der Waals surface area contributed by atoms with Crippen molar-refractivity contribution >= 4 is 5.97 Å². The van der Waals surface area contributed by atoms with E-state index in [1.807, 2.05) is 25.1 Å². The molecule has 1 aromatic rings. The molecular formula is C11H15O3+.